The topological polar surface area (TPSA) is 104 Å². The highest BCUT2D eigenvalue weighted by Crippen LogP contribution is 2.34. The molecule has 1 N–H and O–H groups in total. The monoisotopic (exact) mass is 615 g/mol. The number of nitro groups is 1. The Morgan fingerprint density at radius 1 is 0.976 bits per heavy atom. The zero-order valence-electron chi connectivity index (χ0n) is 21.9. The van der Waals surface area contributed by atoms with Crippen LogP contribution in [0.25, 0.3) is 17.4 Å². The van der Waals surface area contributed by atoms with Crippen molar-refractivity contribution < 1.29 is 18.9 Å². The molecular formula is C28H27Cl2N5O5S. The molecular weight excluding hydrogens is 589 g/mol. The first kappa shape index (κ1) is 28.9. The number of nitrogens with zero attached hydrogens (tertiary/aromatic N) is 4. The van der Waals surface area contributed by atoms with E-state index in [4.69, 9.17) is 44.6 Å². The minimum atomic E-state index is -0.370. The molecule has 1 aromatic heterocycles. The summed E-state index contributed by atoms with van der Waals surface area (Å²) >= 11 is 17.7. The SMILES string of the molecule is O=C(/C=C/c1ccc(-c2ccc(Cl)cc2Cl)o1)NC(=S)N1CCN(c2ccc([N+](=O)[O-])c(N3CCOCC3)c2)CC1. The molecule has 2 saturated heterocycles. The van der Waals surface area contributed by atoms with E-state index < -0.39 is 0 Å². The van der Waals surface area contributed by atoms with Crippen LogP contribution in [0, 0.1) is 10.1 Å². The molecule has 214 valence electrons. The van der Waals surface area contributed by atoms with Crippen LogP contribution in [0.4, 0.5) is 17.1 Å². The summed E-state index contributed by atoms with van der Waals surface area (Å²) in [5.41, 5.74) is 2.30. The molecule has 2 aliphatic heterocycles. The maximum atomic E-state index is 12.5. The van der Waals surface area contributed by atoms with Crippen molar-refractivity contribution in [3.63, 3.8) is 0 Å². The van der Waals surface area contributed by atoms with Gasteiger partial charge in [-0.05, 0) is 60.8 Å². The van der Waals surface area contributed by atoms with Gasteiger partial charge in [0.25, 0.3) is 5.69 Å². The third kappa shape index (κ3) is 6.99. The van der Waals surface area contributed by atoms with Crippen molar-refractivity contribution in [1.29, 1.82) is 0 Å². The first-order chi connectivity index (χ1) is 19.8. The number of ether oxygens (including phenoxy) is 1. The Balaban J connectivity index is 1.15. The van der Waals surface area contributed by atoms with Crippen LogP contribution in [0.1, 0.15) is 5.76 Å². The van der Waals surface area contributed by atoms with Gasteiger partial charge in [-0.1, -0.05) is 23.2 Å². The van der Waals surface area contributed by atoms with E-state index in [0.29, 0.717) is 90.4 Å². The maximum absolute atomic E-state index is 12.5. The second-order valence-corrected chi connectivity index (χ2v) is 10.7. The molecule has 0 saturated carbocycles. The number of rotatable bonds is 6. The van der Waals surface area contributed by atoms with E-state index in [0.717, 1.165) is 5.69 Å². The molecule has 0 atom stereocenters. The van der Waals surface area contributed by atoms with E-state index in [9.17, 15) is 14.9 Å². The standard InChI is InChI=1S/C28H27Cl2N5O5S/c29-19-1-5-22(23(30)17-19)26-7-3-21(40-26)4-8-27(36)31-28(41)34-11-9-32(10-12-34)20-2-6-24(35(37)38)25(18-20)33-13-15-39-16-14-33/h1-8,17-18H,9-16H2,(H,31,36,41)/b8-4+. The average Bonchev–Trinajstić information content (AvgIpc) is 3.45. The largest absolute Gasteiger partial charge is 0.457 e. The van der Waals surface area contributed by atoms with Gasteiger partial charge in [0.15, 0.2) is 5.11 Å². The predicted octanol–water partition coefficient (Wildman–Crippen LogP) is 5.23. The Hall–Kier alpha value is -3.64. The fourth-order valence-corrected chi connectivity index (χ4v) is 5.53. The molecule has 3 aromatic rings. The van der Waals surface area contributed by atoms with Crippen LogP contribution in [0.5, 0.6) is 0 Å². The smallest absolute Gasteiger partial charge is 0.292 e. The highest BCUT2D eigenvalue weighted by molar-refractivity contribution is 7.80. The van der Waals surface area contributed by atoms with Gasteiger partial charge in [0.05, 0.1) is 23.2 Å². The summed E-state index contributed by atoms with van der Waals surface area (Å²) in [7, 11) is 0. The number of hydrogen-bond acceptors (Lipinski definition) is 8. The molecule has 2 fully saturated rings. The number of carbonyl (C=O) groups excluding carboxylic acids is 1. The molecule has 41 heavy (non-hydrogen) atoms. The Labute approximate surface area is 252 Å². The van der Waals surface area contributed by atoms with Crippen molar-refractivity contribution in [3.05, 3.63) is 80.5 Å². The number of hydrogen-bond donors (Lipinski definition) is 1. The molecule has 2 aliphatic rings. The van der Waals surface area contributed by atoms with Gasteiger partial charge in [-0.25, -0.2) is 0 Å². The van der Waals surface area contributed by atoms with Gasteiger partial charge in [-0.2, -0.15) is 0 Å². The summed E-state index contributed by atoms with van der Waals surface area (Å²) in [5.74, 6) is 0.677. The second-order valence-electron chi connectivity index (χ2n) is 9.46. The van der Waals surface area contributed by atoms with Crippen molar-refractivity contribution in [1.82, 2.24) is 10.2 Å². The third-order valence-corrected chi connectivity index (χ3v) is 7.80. The van der Waals surface area contributed by atoms with Crippen molar-refractivity contribution in [3.8, 4) is 11.3 Å². The molecule has 13 heteroatoms. The quantitative estimate of drug-likeness (QED) is 0.173. The van der Waals surface area contributed by atoms with Gasteiger partial charge in [0.2, 0.25) is 5.91 Å². The van der Waals surface area contributed by atoms with Gasteiger partial charge in [0, 0.05) is 67.7 Å². The average molecular weight is 617 g/mol. The van der Waals surface area contributed by atoms with Crippen LogP contribution in [0.15, 0.2) is 59.0 Å². The van der Waals surface area contributed by atoms with Gasteiger partial charge in [0.1, 0.15) is 17.2 Å². The second kappa shape index (κ2) is 12.9. The fraction of sp³-hybridized carbons (Fsp3) is 0.286. The zero-order valence-corrected chi connectivity index (χ0v) is 24.3. The lowest BCUT2D eigenvalue weighted by molar-refractivity contribution is -0.384. The van der Waals surface area contributed by atoms with E-state index in [1.165, 1.54) is 6.08 Å². The third-order valence-electron chi connectivity index (χ3n) is 6.89. The van der Waals surface area contributed by atoms with Crippen molar-refractivity contribution in [2.24, 2.45) is 0 Å². The lowest BCUT2D eigenvalue weighted by Crippen LogP contribution is -2.52. The van der Waals surface area contributed by atoms with Crippen LogP contribution in [-0.4, -0.2) is 73.3 Å². The number of benzene rings is 2. The zero-order chi connectivity index (χ0) is 28.9. The number of morpholine rings is 1. The van der Waals surface area contributed by atoms with Crippen LogP contribution in [0.2, 0.25) is 10.0 Å². The molecule has 2 aromatic carbocycles. The highest BCUT2D eigenvalue weighted by Gasteiger charge is 2.25. The predicted molar refractivity (Wildman–Crippen MR) is 164 cm³/mol. The number of nitrogens with one attached hydrogen (secondary N) is 1. The number of furan rings is 1. The maximum Gasteiger partial charge on any atom is 0.292 e. The Morgan fingerprint density at radius 3 is 2.44 bits per heavy atom. The van der Waals surface area contributed by atoms with Crippen LogP contribution >= 0.6 is 35.4 Å². The van der Waals surface area contributed by atoms with E-state index in [-0.39, 0.29) is 16.5 Å². The molecule has 0 unspecified atom stereocenters. The number of nitro benzene ring substituents is 1. The lowest BCUT2D eigenvalue weighted by atomic mass is 10.1. The number of amides is 1. The minimum Gasteiger partial charge on any atom is -0.457 e. The normalized spacial score (nSPS) is 15.8. The summed E-state index contributed by atoms with van der Waals surface area (Å²) < 4.78 is 11.2. The van der Waals surface area contributed by atoms with E-state index in [1.807, 2.05) is 15.9 Å². The number of thiocarbonyl (C=S) groups is 1. The first-order valence-corrected chi connectivity index (χ1v) is 14.1. The molecule has 3 heterocycles. The Morgan fingerprint density at radius 2 is 1.73 bits per heavy atom. The van der Waals surface area contributed by atoms with Crippen LogP contribution in [-0.2, 0) is 9.53 Å². The number of carbonyl (C=O) groups is 1. The van der Waals surface area contributed by atoms with Gasteiger partial charge < -0.3 is 23.9 Å². The number of piperazine rings is 1. The Kier molecular flexibility index (Phi) is 9.09. The highest BCUT2D eigenvalue weighted by atomic mass is 35.5. The molecule has 0 radical (unpaired) electrons. The van der Waals surface area contributed by atoms with Gasteiger partial charge in [-0.15, -0.1) is 0 Å². The summed E-state index contributed by atoms with van der Waals surface area (Å²) in [4.78, 5) is 29.9. The molecule has 10 nitrogen and oxygen atoms in total. The minimum absolute atomic E-state index is 0.0887. The fourth-order valence-electron chi connectivity index (χ4n) is 4.75. The van der Waals surface area contributed by atoms with Crippen molar-refractivity contribution in [2.45, 2.75) is 0 Å². The molecule has 0 bridgehead atoms. The summed E-state index contributed by atoms with van der Waals surface area (Å²) in [6.07, 6.45) is 2.92. The van der Waals surface area contributed by atoms with Gasteiger partial charge in [-0.3, -0.25) is 20.2 Å². The molecule has 0 aliphatic carbocycles. The van der Waals surface area contributed by atoms with Crippen LogP contribution < -0.4 is 15.1 Å². The molecule has 1 amide bonds. The van der Waals surface area contributed by atoms with E-state index in [2.05, 4.69) is 10.2 Å². The van der Waals surface area contributed by atoms with Crippen molar-refractivity contribution >= 4 is 69.6 Å². The summed E-state index contributed by atoms with van der Waals surface area (Å²) in [5, 5.41) is 15.7. The van der Waals surface area contributed by atoms with E-state index >= 15 is 0 Å². The van der Waals surface area contributed by atoms with Crippen molar-refractivity contribution in [2.75, 3.05) is 62.3 Å². The lowest BCUT2D eigenvalue weighted by Gasteiger charge is -2.37. The van der Waals surface area contributed by atoms with E-state index in [1.54, 1.807) is 48.5 Å². The molecule has 0 spiro atoms. The molecule has 5 rings (SSSR count). The Bertz CT molecular complexity index is 1480. The number of anilines is 2. The van der Waals surface area contributed by atoms with Crippen LogP contribution in [0.3, 0.4) is 0 Å². The van der Waals surface area contributed by atoms with Gasteiger partial charge >= 0.3 is 0 Å². The summed E-state index contributed by atoms with van der Waals surface area (Å²) in [6, 6.07) is 13.9. The first-order valence-electron chi connectivity index (χ1n) is 13.0. The number of halogens is 2. The summed E-state index contributed by atoms with van der Waals surface area (Å²) in [6.45, 7) is 4.78.